The van der Waals surface area contributed by atoms with Gasteiger partial charge in [-0.2, -0.15) is 4.37 Å². The van der Waals surface area contributed by atoms with Crippen LogP contribution in [0.25, 0.3) is 16.2 Å². The summed E-state index contributed by atoms with van der Waals surface area (Å²) in [6, 6.07) is 1.69. The molecule has 0 spiro atoms. The van der Waals surface area contributed by atoms with Crippen LogP contribution in [-0.4, -0.2) is 68.2 Å². The van der Waals surface area contributed by atoms with E-state index in [1.807, 2.05) is 18.7 Å². The normalized spacial score (nSPS) is 16.7. The summed E-state index contributed by atoms with van der Waals surface area (Å²) in [5.41, 5.74) is 0.0188. The molecule has 0 radical (unpaired) electrons. The second-order valence-corrected chi connectivity index (χ2v) is 10.2. The van der Waals surface area contributed by atoms with E-state index in [4.69, 9.17) is 9.72 Å². The number of rotatable bonds is 9. The van der Waals surface area contributed by atoms with Crippen molar-refractivity contribution in [1.82, 2.24) is 24.2 Å². The van der Waals surface area contributed by atoms with Crippen LogP contribution < -0.4 is 15.6 Å². The van der Waals surface area contributed by atoms with Crippen LogP contribution in [-0.2, 0) is 9.53 Å². The molecule has 0 unspecified atom stereocenters. The monoisotopic (exact) mass is 512 g/mol. The smallest absolute Gasteiger partial charge is 0.341 e. The second kappa shape index (κ2) is 9.58. The van der Waals surface area contributed by atoms with Gasteiger partial charge in [0.25, 0.3) is 0 Å². The highest BCUT2D eigenvalue weighted by molar-refractivity contribution is 7.08. The minimum absolute atomic E-state index is 0.0274. The number of pyridine rings is 2. The fourth-order valence-electron chi connectivity index (χ4n) is 4.30. The molecule has 1 atom stereocenters. The maximum Gasteiger partial charge on any atom is 0.341 e. The number of hydrogen-bond donors (Lipinski definition) is 2. The number of nitrogens with one attached hydrogen (secondary N) is 1. The molecule has 4 heterocycles. The van der Waals surface area contributed by atoms with Crippen molar-refractivity contribution in [3.8, 4) is 5.13 Å². The number of amides is 1. The van der Waals surface area contributed by atoms with Crippen molar-refractivity contribution in [2.45, 2.75) is 45.6 Å². The summed E-state index contributed by atoms with van der Waals surface area (Å²) in [6.07, 6.45) is 3.36. The van der Waals surface area contributed by atoms with Gasteiger partial charge in [-0.3, -0.25) is 14.2 Å². The number of ether oxygens (including phenoxy) is 1. The van der Waals surface area contributed by atoms with Crippen LogP contribution >= 0.6 is 11.5 Å². The first-order valence-corrected chi connectivity index (χ1v) is 12.8. The largest absolute Gasteiger partial charge is 0.477 e. The summed E-state index contributed by atoms with van der Waals surface area (Å²) in [7, 11) is 0. The predicted molar refractivity (Wildman–Crippen MR) is 134 cm³/mol. The Balaban J connectivity index is 1.46. The second-order valence-electron chi connectivity index (χ2n) is 9.42. The number of carbonyl (C=O) groups excluding carboxylic acids is 1. The van der Waals surface area contributed by atoms with Crippen LogP contribution in [0.4, 0.5) is 5.82 Å². The molecule has 2 aliphatic rings. The maximum absolute atomic E-state index is 13.0. The van der Waals surface area contributed by atoms with Crippen LogP contribution in [0.2, 0.25) is 0 Å². The van der Waals surface area contributed by atoms with E-state index < -0.39 is 11.4 Å². The molecule has 1 amide bonds. The Morgan fingerprint density at radius 2 is 2.06 bits per heavy atom. The molecule has 2 N–H and O–H groups in total. The van der Waals surface area contributed by atoms with E-state index in [1.165, 1.54) is 6.20 Å². The van der Waals surface area contributed by atoms with Gasteiger partial charge >= 0.3 is 5.97 Å². The lowest BCUT2D eigenvalue weighted by atomic mass is 9.98. The van der Waals surface area contributed by atoms with Crippen molar-refractivity contribution in [2.75, 3.05) is 31.2 Å². The number of fused-ring (bicyclic) bond motifs is 1. The quantitative estimate of drug-likeness (QED) is 0.441. The number of aromatic nitrogens is 4. The summed E-state index contributed by atoms with van der Waals surface area (Å²) in [5, 5.41) is 13.3. The SMILES string of the molecule is CCOC[C@@H](C)NC(=O)C1CN(c2cc(C)c3c(=O)c(C(=O)O)cn(-c4nc(C5CC5)ns4)c3n2)C1. The van der Waals surface area contributed by atoms with Gasteiger partial charge in [0.1, 0.15) is 17.2 Å². The minimum atomic E-state index is -1.30. The molecule has 3 aromatic rings. The Morgan fingerprint density at radius 3 is 2.72 bits per heavy atom. The van der Waals surface area contributed by atoms with Crippen molar-refractivity contribution >= 4 is 40.3 Å². The van der Waals surface area contributed by atoms with Gasteiger partial charge in [-0.15, -0.1) is 0 Å². The van der Waals surface area contributed by atoms with Gasteiger partial charge in [-0.05, 0) is 45.2 Å². The zero-order valence-corrected chi connectivity index (χ0v) is 21.2. The summed E-state index contributed by atoms with van der Waals surface area (Å²) in [4.78, 5) is 48.8. The van der Waals surface area contributed by atoms with Crippen molar-refractivity contribution < 1.29 is 19.4 Å². The molecule has 12 heteroatoms. The van der Waals surface area contributed by atoms with Crippen LogP contribution in [0.1, 0.15) is 54.4 Å². The van der Waals surface area contributed by atoms with E-state index in [9.17, 15) is 19.5 Å². The van der Waals surface area contributed by atoms with Crippen LogP contribution in [0.3, 0.4) is 0 Å². The molecule has 1 saturated heterocycles. The lowest BCUT2D eigenvalue weighted by molar-refractivity contribution is -0.126. The van der Waals surface area contributed by atoms with E-state index in [1.54, 1.807) is 17.6 Å². The number of aromatic carboxylic acids is 1. The van der Waals surface area contributed by atoms with Crippen molar-refractivity contribution in [3.05, 3.63) is 39.4 Å². The molecule has 11 nitrogen and oxygen atoms in total. The maximum atomic E-state index is 13.0. The fraction of sp³-hybridized carbons (Fsp3) is 0.500. The third kappa shape index (κ3) is 4.58. The van der Waals surface area contributed by atoms with Gasteiger partial charge in [-0.25, -0.2) is 14.8 Å². The number of carboxylic acid groups (broad SMARTS) is 1. The highest BCUT2D eigenvalue weighted by Gasteiger charge is 2.35. The molecule has 2 fully saturated rings. The first kappa shape index (κ1) is 24.3. The average molecular weight is 513 g/mol. The molecule has 1 aliphatic carbocycles. The topological polar surface area (TPSA) is 140 Å². The Hall–Kier alpha value is -3.38. The summed E-state index contributed by atoms with van der Waals surface area (Å²) in [6.45, 7) is 7.64. The van der Waals surface area contributed by atoms with Gasteiger partial charge < -0.3 is 20.1 Å². The summed E-state index contributed by atoms with van der Waals surface area (Å²) >= 11 is 1.16. The summed E-state index contributed by atoms with van der Waals surface area (Å²) < 4.78 is 11.3. The molecule has 0 bridgehead atoms. The molecule has 1 aliphatic heterocycles. The van der Waals surface area contributed by atoms with Crippen LogP contribution in [0.5, 0.6) is 0 Å². The van der Waals surface area contributed by atoms with Crippen LogP contribution in [0, 0.1) is 12.8 Å². The molecule has 0 aromatic carbocycles. The van der Waals surface area contributed by atoms with E-state index in [0.717, 1.165) is 30.2 Å². The zero-order chi connectivity index (χ0) is 25.6. The minimum Gasteiger partial charge on any atom is -0.477 e. The van der Waals surface area contributed by atoms with Gasteiger partial charge in [0, 0.05) is 49.4 Å². The highest BCUT2D eigenvalue weighted by Crippen LogP contribution is 2.39. The molecule has 1 saturated carbocycles. The van der Waals surface area contributed by atoms with Gasteiger partial charge in [0.05, 0.1) is 17.9 Å². The van der Waals surface area contributed by atoms with E-state index >= 15 is 0 Å². The molecule has 3 aromatic heterocycles. The Bertz CT molecular complexity index is 1390. The first-order valence-electron chi connectivity index (χ1n) is 12.0. The standard InChI is InChI=1S/C24H28N6O5S/c1-4-35-11-13(3)25-22(32)15-8-29(9-15)17-7-12(2)18-19(31)16(23(33)34)10-30(21(18)26-17)24-27-20(28-36-24)14-5-6-14/h7,10,13-15H,4-6,8-9,11H2,1-3H3,(H,25,32)(H,33,34)/t13-/m1/s1. The first-order chi connectivity index (χ1) is 17.3. The highest BCUT2D eigenvalue weighted by atomic mass is 32.1. The van der Waals surface area contributed by atoms with Crippen LogP contribution in [0.15, 0.2) is 17.1 Å². The van der Waals surface area contributed by atoms with Crippen molar-refractivity contribution in [1.29, 1.82) is 0 Å². The lowest BCUT2D eigenvalue weighted by Gasteiger charge is -2.39. The third-order valence-electron chi connectivity index (χ3n) is 6.49. The Labute approximate surface area is 211 Å². The average Bonchev–Trinajstić information content (AvgIpc) is 3.53. The van der Waals surface area contributed by atoms with Gasteiger partial charge in [0.2, 0.25) is 16.5 Å². The third-order valence-corrected chi connectivity index (χ3v) is 7.22. The van der Waals surface area contributed by atoms with Crippen molar-refractivity contribution in [3.63, 3.8) is 0 Å². The number of carbonyl (C=O) groups is 2. The zero-order valence-electron chi connectivity index (χ0n) is 20.4. The molecule has 5 rings (SSSR count). The number of hydrogen-bond acceptors (Lipinski definition) is 9. The van der Waals surface area contributed by atoms with Gasteiger partial charge in [0.15, 0.2) is 5.65 Å². The van der Waals surface area contributed by atoms with Gasteiger partial charge in [-0.1, -0.05) is 0 Å². The lowest BCUT2D eigenvalue weighted by Crippen LogP contribution is -2.55. The summed E-state index contributed by atoms with van der Waals surface area (Å²) in [5.74, 6) is 0.191. The predicted octanol–water partition coefficient (Wildman–Crippen LogP) is 2.10. The van der Waals surface area contributed by atoms with E-state index in [-0.39, 0.29) is 28.8 Å². The fourth-order valence-corrected chi connectivity index (χ4v) is 5.02. The number of aryl methyl sites for hydroxylation is 1. The molecule has 190 valence electrons. The molecular weight excluding hydrogens is 484 g/mol. The number of anilines is 1. The number of carboxylic acids is 1. The van der Waals surface area contributed by atoms with Crippen molar-refractivity contribution in [2.24, 2.45) is 5.92 Å². The molecular formula is C24H28N6O5S. The van der Waals surface area contributed by atoms with E-state index in [2.05, 4.69) is 14.7 Å². The number of nitrogens with zero attached hydrogens (tertiary/aromatic N) is 5. The molecule has 36 heavy (non-hydrogen) atoms. The van der Waals surface area contributed by atoms with E-state index in [0.29, 0.717) is 54.4 Å². The Morgan fingerprint density at radius 1 is 1.31 bits per heavy atom. The Kier molecular flexibility index (Phi) is 6.47.